The number of carbonyl (C=O) groups is 2. The Morgan fingerprint density at radius 1 is 0.909 bits per heavy atom. The molecule has 0 unspecified atom stereocenters. The van der Waals surface area contributed by atoms with Crippen molar-refractivity contribution in [2.45, 2.75) is 24.3 Å². The molecule has 9 heteroatoms. The fourth-order valence-corrected chi connectivity index (χ4v) is 4.16. The SMILES string of the molecule is CCNS(=O)(=O)c1ccc(NC(=O)[C@H](Cc2ccccc2)NC(=O)c2ccc(F)cc2)cc1. The molecule has 0 aliphatic carbocycles. The normalized spacial score (nSPS) is 12.1. The maximum absolute atomic E-state index is 13.2. The Bertz CT molecular complexity index is 1200. The van der Waals surface area contributed by atoms with Crippen LogP contribution in [0.15, 0.2) is 83.8 Å². The minimum atomic E-state index is -3.61. The Balaban J connectivity index is 1.77. The lowest BCUT2D eigenvalue weighted by Crippen LogP contribution is -2.45. The summed E-state index contributed by atoms with van der Waals surface area (Å²) in [5.41, 5.74) is 1.44. The first kappa shape index (κ1) is 24.1. The molecule has 0 spiro atoms. The van der Waals surface area contributed by atoms with Crippen molar-refractivity contribution in [3.8, 4) is 0 Å². The summed E-state index contributed by atoms with van der Waals surface area (Å²) in [7, 11) is -3.61. The summed E-state index contributed by atoms with van der Waals surface area (Å²) in [6.07, 6.45) is 0.229. The molecule has 1 atom stereocenters. The fourth-order valence-electron chi connectivity index (χ4n) is 3.12. The number of amides is 2. The van der Waals surface area contributed by atoms with E-state index in [1.807, 2.05) is 30.3 Å². The maximum atomic E-state index is 13.2. The van der Waals surface area contributed by atoms with Gasteiger partial charge in [0, 0.05) is 24.2 Å². The Kier molecular flexibility index (Phi) is 7.92. The maximum Gasteiger partial charge on any atom is 0.251 e. The van der Waals surface area contributed by atoms with Crippen molar-refractivity contribution in [2.24, 2.45) is 0 Å². The van der Waals surface area contributed by atoms with E-state index in [0.29, 0.717) is 5.69 Å². The predicted octanol–water partition coefficient (Wildman–Crippen LogP) is 3.10. The average molecular weight is 470 g/mol. The molecular formula is C24H24FN3O4S. The van der Waals surface area contributed by atoms with Crippen molar-refractivity contribution in [1.29, 1.82) is 0 Å². The highest BCUT2D eigenvalue weighted by atomic mass is 32.2. The van der Waals surface area contributed by atoms with Gasteiger partial charge in [-0.05, 0) is 54.1 Å². The molecule has 0 aliphatic heterocycles. The summed E-state index contributed by atoms with van der Waals surface area (Å²) in [5.74, 6) is -1.46. The molecule has 0 fully saturated rings. The number of anilines is 1. The third kappa shape index (κ3) is 6.71. The van der Waals surface area contributed by atoms with Gasteiger partial charge in [-0.3, -0.25) is 9.59 Å². The standard InChI is InChI=1S/C24H24FN3O4S/c1-2-26-33(31,32)21-14-12-20(13-15-21)27-24(30)22(16-17-6-4-3-5-7-17)28-23(29)18-8-10-19(25)11-9-18/h3-15,22,26H,2,16H2,1H3,(H,27,30)(H,28,29)/t22-/m0/s1. The second kappa shape index (κ2) is 10.8. The molecule has 3 aromatic carbocycles. The van der Waals surface area contributed by atoms with Crippen molar-refractivity contribution in [3.05, 3.63) is 95.8 Å². The molecule has 33 heavy (non-hydrogen) atoms. The van der Waals surface area contributed by atoms with Gasteiger partial charge in [-0.2, -0.15) is 0 Å². The van der Waals surface area contributed by atoms with Gasteiger partial charge in [0.1, 0.15) is 11.9 Å². The van der Waals surface area contributed by atoms with Crippen molar-refractivity contribution >= 4 is 27.5 Å². The van der Waals surface area contributed by atoms with Crippen molar-refractivity contribution < 1.29 is 22.4 Å². The summed E-state index contributed by atoms with van der Waals surface area (Å²) in [4.78, 5) is 25.7. The fraction of sp³-hybridized carbons (Fsp3) is 0.167. The zero-order valence-electron chi connectivity index (χ0n) is 17.9. The number of hydrogen-bond acceptors (Lipinski definition) is 4. The second-order valence-electron chi connectivity index (χ2n) is 7.24. The van der Waals surface area contributed by atoms with Crippen LogP contribution in [-0.2, 0) is 21.2 Å². The van der Waals surface area contributed by atoms with Gasteiger partial charge in [0.15, 0.2) is 0 Å². The molecule has 7 nitrogen and oxygen atoms in total. The van der Waals surface area contributed by atoms with Crippen molar-refractivity contribution in [1.82, 2.24) is 10.0 Å². The average Bonchev–Trinajstić information content (AvgIpc) is 2.80. The summed E-state index contributed by atoms with van der Waals surface area (Å²) in [6, 6.07) is 19.0. The Hall–Kier alpha value is -3.56. The van der Waals surface area contributed by atoms with Crippen LogP contribution < -0.4 is 15.4 Å². The van der Waals surface area contributed by atoms with E-state index in [1.165, 1.54) is 48.5 Å². The second-order valence-corrected chi connectivity index (χ2v) is 9.00. The smallest absolute Gasteiger partial charge is 0.251 e. The first-order valence-electron chi connectivity index (χ1n) is 10.3. The molecule has 3 rings (SSSR count). The van der Waals surface area contributed by atoms with E-state index >= 15 is 0 Å². The summed E-state index contributed by atoms with van der Waals surface area (Å²) < 4.78 is 39.7. The third-order valence-electron chi connectivity index (χ3n) is 4.78. The molecule has 172 valence electrons. The summed E-state index contributed by atoms with van der Waals surface area (Å²) in [5, 5.41) is 5.40. The molecule has 0 bridgehead atoms. The van der Waals surface area contributed by atoms with Gasteiger partial charge >= 0.3 is 0 Å². The molecule has 0 saturated carbocycles. The van der Waals surface area contributed by atoms with Crippen LogP contribution in [0.3, 0.4) is 0 Å². The van der Waals surface area contributed by atoms with Crippen molar-refractivity contribution in [3.63, 3.8) is 0 Å². The highest BCUT2D eigenvalue weighted by Gasteiger charge is 2.22. The van der Waals surface area contributed by atoms with Gasteiger partial charge < -0.3 is 10.6 Å². The number of nitrogens with one attached hydrogen (secondary N) is 3. The number of halogens is 1. The van der Waals surface area contributed by atoms with Gasteiger partial charge in [0.25, 0.3) is 5.91 Å². The van der Waals surface area contributed by atoms with E-state index in [1.54, 1.807) is 6.92 Å². The van der Waals surface area contributed by atoms with Crippen LogP contribution in [0.2, 0.25) is 0 Å². The number of sulfonamides is 1. The van der Waals surface area contributed by atoms with Gasteiger partial charge in [0.05, 0.1) is 4.90 Å². The molecule has 3 N–H and O–H groups in total. The van der Waals surface area contributed by atoms with Gasteiger partial charge in [-0.15, -0.1) is 0 Å². The number of carbonyl (C=O) groups excluding carboxylic acids is 2. The molecule has 0 radical (unpaired) electrons. The Labute approximate surface area is 192 Å². The van der Waals surface area contributed by atoms with Crippen LogP contribution >= 0.6 is 0 Å². The molecule has 2 amide bonds. The first-order valence-corrected chi connectivity index (χ1v) is 11.8. The number of hydrogen-bond donors (Lipinski definition) is 3. The zero-order valence-corrected chi connectivity index (χ0v) is 18.7. The predicted molar refractivity (Wildman–Crippen MR) is 124 cm³/mol. The zero-order chi connectivity index (χ0) is 23.8. The van der Waals surface area contributed by atoms with Crippen LogP contribution in [0.4, 0.5) is 10.1 Å². The molecule has 0 saturated heterocycles. The van der Waals surface area contributed by atoms with Crippen LogP contribution in [0, 0.1) is 5.82 Å². The van der Waals surface area contributed by atoms with E-state index in [-0.39, 0.29) is 23.4 Å². The van der Waals surface area contributed by atoms with Gasteiger partial charge in [0.2, 0.25) is 15.9 Å². The summed E-state index contributed by atoms with van der Waals surface area (Å²) >= 11 is 0. The molecule has 0 aliphatic rings. The lowest BCUT2D eigenvalue weighted by molar-refractivity contribution is -0.118. The van der Waals surface area contributed by atoms with Crippen molar-refractivity contribution in [2.75, 3.05) is 11.9 Å². The van der Waals surface area contributed by atoms with Gasteiger partial charge in [-0.25, -0.2) is 17.5 Å². The lowest BCUT2D eigenvalue weighted by atomic mass is 10.0. The number of rotatable bonds is 9. The minimum absolute atomic E-state index is 0.0767. The van der Waals surface area contributed by atoms with E-state index in [9.17, 15) is 22.4 Å². The monoisotopic (exact) mass is 469 g/mol. The van der Waals surface area contributed by atoms with Gasteiger partial charge in [-0.1, -0.05) is 37.3 Å². The van der Waals surface area contributed by atoms with Crippen LogP contribution in [-0.4, -0.2) is 32.8 Å². The summed E-state index contributed by atoms with van der Waals surface area (Å²) in [6.45, 7) is 1.94. The molecular weight excluding hydrogens is 445 g/mol. The van der Waals surface area contributed by atoms with Crippen LogP contribution in [0.25, 0.3) is 0 Å². The van der Waals surface area contributed by atoms with Crippen LogP contribution in [0.5, 0.6) is 0 Å². The Morgan fingerprint density at radius 2 is 1.55 bits per heavy atom. The lowest BCUT2D eigenvalue weighted by Gasteiger charge is -2.19. The van der Waals surface area contributed by atoms with E-state index in [4.69, 9.17) is 0 Å². The molecule has 0 heterocycles. The van der Waals surface area contributed by atoms with E-state index < -0.39 is 33.7 Å². The quantitative estimate of drug-likeness (QED) is 0.448. The molecule has 3 aromatic rings. The largest absolute Gasteiger partial charge is 0.340 e. The highest BCUT2D eigenvalue weighted by Crippen LogP contribution is 2.15. The van der Waals surface area contributed by atoms with E-state index in [0.717, 1.165) is 5.56 Å². The Morgan fingerprint density at radius 3 is 2.15 bits per heavy atom. The molecule has 0 aromatic heterocycles. The van der Waals surface area contributed by atoms with Crippen LogP contribution in [0.1, 0.15) is 22.8 Å². The first-order chi connectivity index (χ1) is 15.8. The van der Waals surface area contributed by atoms with E-state index in [2.05, 4.69) is 15.4 Å². The number of benzene rings is 3. The highest BCUT2D eigenvalue weighted by molar-refractivity contribution is 7.89. The topological polar surface area (TPSA) is 104 Å². The third-order valence-corrected chi connectivity index (χ3v) is 6.34. The minimum Gasteiger partial charge on any atom is -0.340 e.